The van der Waals surface area contributed by atoms with E-state index in [4.69, 9.17) is 0 Å². The van der Waals surface area contributed by atoms with E-state index in [1.165, 1.54) is 0 Å². The molecule has 1 aliphatic rings. The highest BCUT2D eigenvalue weighted by molar-refractivity contribution is 6.06. The number of rotatable bonds is 0. The van der Waals surface area contributed by atoms with Crippen molar-refractivity contribution in [2.45, 2.75) is 32.7 Å². The minimum atomic E-state index is -0.231. The SMILES string of the molecule is CC(C)(C)n1nnc2c1-c1ccccc1C(=O)Cc1ccccc1-2. The van der Waals surface area contributed by atoms with E-state index in [1.54, 1.807) is 0 Å². The summed E-state index contributed by atoms with van der Waals surface area (Å²) in [4.78, 5) is 12.9. The topological polar surface area (TPSA) is 47.8 Å². The summed E-state index contributed by atoms with van der Waals surface area (Å²) in [5.41, 5.74) is 5.17. The average Bonchev–Trinajstić information content (AvgIpc) is 2.99. The Bertz CT molecular complexity index is 948. The Balaban J connectivity index is 2.14. The zero-order chi connectivity index (χ0) is 16.9. The van der Waals surface area contributed by atoms with Crippen molar-refractivity contribution in [1.82, 2.24) is 15.0 Å². The lowest BCUT2D eigenvalue weighted by Crippen LogP contribution is -2.25. The number of aromatic nitrogens is 3. The summed E-state index contributed by atoms with van der Waals surface area (Å²) in [6.45, 7) is 6.28. The van der Waals surface area contributed by atoms with Crippen molar-refractivity contribution in [1.29, 1.82) is 0 Å². The first kappa shape index (κ1) is 14.8. The van der Waals surface area contributed by atoms with Crippen LogP contribution in [0, 0.1) is 0 Å². The van der Waals surface area contributed by atoms with Gasteiger partial charge in [0, 0.05) is 23.1 Å². The average molecular weight is 317 g/mol. The molecule has 1 aromatic heterocycles. The Kier molecular flexibility index (Phi) is 3.17. The van der Waals surface area contributed by atoms with E-state index < -0.39 is 0 Å². The number of hydrogen-bond acceptors (Lipinski definition) is 3. The van der Waals surface area contributed by atoms with E-state index in [0.29, 0.717) is 6.42 Å². The molecule has 3 aromatic rings. The second-order valence-electron chi connectivity index (χ2n) is 7.17. The Morgan fingerprint density at radius 2 is 1.54 bits per heavy atom. The summed E-state index contributed by atoms with van der Waals surface area (Å²) in [5, 5.41) is 8.92. The molecular formula is C20H19N3O. The van der Waals surface area contributed by atoms with Crippen LogP contribution >= 0.6 is 0 Å². The van der Waals surface area contributed by atoms with Gasteiger partial charge in [-0.3, -0.25) is 4.79 Å². The van der Waals surface area contributed by atoms with Gasteiger partial charge < -0.3 is 0 Å². The zero-order valence-electron chi connectivity index (χ0n) is 14.1. The standard InChI is InChI=1S/C20H19N3O/c1-20(2,3)23-19-16-11-7-6-10-15(16)17(24)12-13-8-4-5-9-14(13)18(19)21-22-23/h4-11H,12H2,1-3H3. The summed E-state index contributed by atoms with van der Waals surface area (Å²) in [7, 11) is 0. The molecule has 24 heavy (non-hydrogen) atoms. The molecule has 0 fully saturated rings. The zero-order valence-corrected chi connectivity index (χ0v) is 14.1. The lowest BCUT2D eigenvalue weighted by molar-refractivity contribution is 0.0993. The number of carbonyl (C=O) groups is 1. The number of Topliss-reactive ketones (excluding diaryl/α,β-unsaturated/α-hetero) is 1. The third-order valence-electron chi connectivity index (χ3n) is 4.41. The summed E-state index contributed by atoms with van der Waals surface area (Å²) in [5.74, 6) is 0.130. The van der Waals surface area contributed by atoms with E-state index in [-0.39, 0.29) is 11.3 Å². The van der Waals surface area contributed by atoms with Gasteiger partial charge in [0.15, 0.2) is 5.78 Å². The van der Waals surface area contributed by atoms with Gasteiger partial charge in [-0.15, -0.1) is 5.10 Å². The van der Waals surface area contributed by atoms with Crippen LogP contribution in [0.2, 0.25) is 0 Å². The maximum atomic E-state index is 12.9. The molecule has 0 bridgehead atoms. The fourth-order valence-corrected chi connectivity index (χ4v) is 3.28. The van der Waals surface area contributed by atoms with Crippen LogP contribution in [0.25, 0.3) is 22.5 Å². The van der Waals surface area contributed by atoms with Gasteiger partial charge in [0.25, 0.3) is 0 Å². The minimum Gasteiger partial charge on any atom is -0.294 e. The molecule has 4 heteroatoms. The summed E-state index contributed by atoms with van der Waals surface area (Å²) >= 11 is 0. The second-order valence-corrected chi connectivity index (χ2v) is 7.17. The predicted molar refractivity (Wildman–Crippen MR) is 93.9 cm³/mol. The fraction of sp³-hybridized carbons (Fsp3) is 0.250. The minimum absolute atomic E-state index is 0.130. The van der Waals surface area contributed by atoms with Gasteiger partial charge in [0.2, 0.25) is 0 Å². The Morgan fingerprint density at radius 3 is 2.25 bits per heavy atom. The molecule has 0 aliphatic heterocycles. The first-order valence-electron chi connectivity index (χ1n) is 8.14. The van der Waals surface area contributed by atoms with Gasteiger partial charge in [0.05, 0.1) is 11.2 Å². The normalized spacial score (nSPS) is 13.5. The highest BCUT2D eigenvalue weighted by Gasteiger charge is 2.29. The van der Waals surface area contributed by atoms with E-state index in [9.17, 15) is 4.79 Å². The van der Waals surface area contributed by atoms with E-state index >= 15 is 0 Å². The van der Waals surface area contributed by atoms with Crippen molar-refractivity contribution in [3.05, 3.63) is 59.7 Å². The molecule has 120 valence electrons. The molecule has 2 aromatic carbocycles. The van der Waals surface area contributed by atoms with Crippen LogP contribution in [0.5, 0.6) is 0 Å². The van der Waals surface area contributed by atoms with Crippen molar-refractivity contribution in [2.24, 2.45) is 0 Å². The van der Waals surface area contributed by atoms with Crippen molar-refractivity contribution in [3.8, 4) is 22.5 Å². The Morgan fingerprint density at radius 1 is 0.917 bits per heavy atom. The molecule has 0 atom stereocenters. The lowest BCUT2D eigenvalue weighted by atomic mass is 9.88. The molecular weight excluding hydrogens is 298 g/mol. The van der Waals surface area contributed by atoms with Crippen LogP contribution in [0.3, 0.4) is 0 Å². The molecule has 1 aliphatic carbocycles. The summed E-state index contributed by atoms with van der Waals surface area (Å²) in [6.07, 6.45) is 0.384. The molecule has 0 radical (unpaired) electrons. The first-order valence-corrected chi connectivity index (χ1v) is 8.14. The molecule has 0 N–H and O–H groups in total. The van der Waals surface area contributed by atoms with Crippen molar-refractivity contribution in [2.75, 3.05) is 0 Å². The van der Waals surface area contributed by atoms with Gasteiger partial charge in [-0.25, -0.2) is 4.68 Å². The van der Waals surface area contributed by atoms with Crippen molar-refractivity contribution < 1.29 is 4.79 Å². The van der Waals surface area contributed by atoms with Crippen LogP contribution < -0.4 is 0 Å². The number of nitrogens with zero attached hydrogens (tertiary/aromatic N) is 3. The van der Waals surface area contributed by atoms with Gasteiger partial charge >= 0.3 is 0 Å². The first-order chi connectivity index (χ1) is 11.5. The van der Waals surface area contributed by atoms with E-state index in [0.717, 1.165) is 33.6 Å². The molecule has 0 unspecified atom stereocenters. The number of ketones is 1. The maximum Gasteiger partial charge on any atom is 0.167 e. The maximum absolute atomic E-state index is 12.9. The van der Waals surface area contributed by atoms with Crippen LogP contribution in [0.1, 0.15) is 36.7 Å². The summed E-state index contributed by atoms with van der Waals surface area (Å²) < 4.78 is 1.93. The van der Waals surface area contributed by atoms with E-state index in [2.05, 4.69) is 31.1 Å². The Hall–Kier alpha value is -2.75. The van der Waals surface area contributed by atoms with Crippen LogP contribution in [-0.2, 0) is 12.0 Å². The number of carbonyl (C=O) groups excluding carboxylic acids is 1. The third-order valence-corrected chi connectivity index (χ3v) is 4.41. The van der Waals surface area contributed by atoms with Gasteiger partial charge in [0.1, 0.15) is 5.69 Å². The van der Waals surface area contributed by atoms with Crippen molar-refractivity contribution in [3.63, 3.8) is 0 Å². The highest BCUT2D eigenvalue weighted by atomic mass is 16.1. The molecule has 1 heterocycles. The lowest BCUT2D eigenvalue weighted by Gasteiger charge is -2.24. The Labute approximate surface area is 141 Å². The smallest absolute Gasteiger partial charge is 0.167 e. The highest BCUT2D eigenvalue weighted by Crippen LogP contribution is 2.39. The summed E-state index contributed by atoms with van der Waals surface area (Å²) in [6, 6.07) is 15.7. The van der Waals surface area contributed by atoms with Gasteiger partial charge in [-0.05, 0) is 26.3 Å². The third kappa shape index (κ3) is 2.18. The van der Waals surface area contributed by atoms with Crippen LogP contribution in [0.4, 0.5) is 0 Å². The number of hydrogen-bond donors (Lipinski definition) is 0. The molecule has 0 amide bonds. The molecule has 4 rings (SSSR count). The fourth-order valence-electron chi connectivity index (χ4n) is 3.28. The quantitative estimate of drug-likeness (QED) is 0.627. The van der Waals surface area contributed by atoms with Crippen molar-refractivity contribution >= 4 is 5.78 Å². The molecule has 0 saturated carbocycles. The van der Waals surface area contributed by atoms with Gasteiger partial charge in [-0.2, -0.15) is 0 Å². The number of fused-ring (bicyclic) bond motifs is 5. The van der Waals surface area contributed by atoms with Gasteiger partial charge in [-0.1, -0.05) is 53.7 Å². The molecule has 0 saturated heterocycles. The largest absolute Gasteiger partial charge is 0.294 e. The monoisotopic (exact) mass is 317 g/mol. The second kappa shape index (κ2) is 5.13. The number of benzene rings is 2. The predicted octanol–water partition coefficient (Wildman–Crippen LogP) is 4.11. The van der Waals surface area contributed by atoms with Crippen LogP contribution in [-0.4, -0.2) is 20.8 Å². The molecule has 4 nitrogen and oxygen atoms in total. The van der Waals surface area contributed by atoms with E-state index in [1.807, 2.05) is 53.2 Å². The molecule has 0 spiro atoms. The van der Waals surface area contributed by atoms with Crippen LogP contribution in [0.15, 0.2) is 48.5 Å².